The van der Waals surface area contributed by atoms with Crippen molar-refractivity contribution in [2.24, 2.45) is 10.9 Å². The van der Waals surface area contributed by atoms with Crippen molar-refractivity contribution in [3.8, 4) is 0 Å². The van der Waals surface area contributed by atoms with Crippen LogP contribution in [0.5, 0.6) is 0 Å². The Balaban J connectivity index is 1.85. The van der Waals surface area contributed by atoms with Gasteiger partial charge in [-0.05, 0) is 38.5 Å². The largest absolute Gasteiger partial charge is 0.362 e. The van der Waals surface area contributed by atoms with E-state index in [9.17, 15) is 0 Å². The van der Waals surface area contributed by atoms with Crippen molar-refractivity contribution in [2.75, 3.05) is 5.75 Å². The maximum atomic E-state index is 4.79. The summed E-state index contributed by atoms with van der Waals surface area (Å²) in [4.78, 5) is 4.79. The summed E-state index contributed by atoms with van der Waals surface area (Å²) in [6.45, 7) is 4.58. The first-order valence-corrected chi connectivity index (χ1v) is 6.69. The van der Waals surface area contributed by atoms with Crippen LogP contribution in [-0.4, -0.2) is 23.0 Å². The molecule has 1 saturated carbocycles. The molecule has 0 aromatic rings. The second kappa shape index (κ2) is 4.56. The summed E-state index contributed by atoms with van der Waals surface area (Å²) in [5.74, 6) is 2.11. The van der Waals surface area contributed by atoms with Crippen LogP contribution in [0.15, 0.2) is 4.99 Å². The lowest BCUT2D eigenvalue weighted by atomic mass is 9.88. The molecule has 1 atom stereocenters. The van der Waals surface area contributed by atoms with E-state index in [1.807, 2.05) is 11.8 Å². The van der Waals surface area contributed by atoms with Gasteiger partial charge >= 0.3 is 0 Å². The summed E-state index contributed by atoms with van der Waals surface area (Å²) >= 11 is 1.88. The van der Waals surface area contributed by atoms with Gasteiger partial charge in [-0.1, -0.05) is 18.7 Å². The van der Waals surface area contributed by atoms with Gasteiger partial charge in [-0.15, -0.1) is 0 Å². The molecule has 1 aliphatic heterocycles. The average Bonchev–Trinajstić information content (AvgIpc) is 2.56. The fourth-order valence-corrected chi connectivity index (χ4v) is 3.11. The first-order chi connectivity index (χ1) is 6.74. The normalized spacial score (nSPS) is 41.3. The summed E-state index contributed by atoms with van der Waals surface area (Å²) in [7, 11) is 0. The summed E-state index contributed by atoms with van der Waals surface area (Å²) < 4.78 is 0. The van der Waals surface area contributed by atoms with Crippen LogP contribution in [0.3, 0.4) is 0 Å². The molecule has 1 saturated heterocycles. The summed E-state index contributed by atoms with van der Waals surface area (Å²) in [6.07, 6.45) is 5.31. The van der Waals surface area contributed by atoms with E-state index in [0.29, 0.717) is 12.1 Å². The van der Waals surface area contributed by atoms with Crippen molar-refractivity contribution >= 4 is 16.9 Å². The maximum Gasteiger partial charge on any atom is 0.157 e. The second-order valence-electron chi connectivity index (χ2n) is 4.70. The van der Waals surface area contributed by atoms with Crippen molar-refractivity contribution in [3.63, 3.8) is 0 Å². The van der Waals surface area contributed by atoms with Crippen LogP contribution in [0.4, 0.5) is 0 Å². The summed E-state index contributed by atoms with van der Waals surface area (Å²) in [6, 6.07) is 1.22. The molecule has 2 aliphatic rings. The fourth-order valence-electron chi connectivity index (χ4n) is 2.11. The van der Waals surface area contributed by atoms with Crippen LogP contribution < -0.4 is 5.32 Å². The van der Waals surface area contributed by atoms with E-state index in [1.165, 1.54) is 36.6 Å². The molecule has 0 radical (unpaired) electrons. The monoisotopic (exact) mass is 212 g/mol. The predicted octanol–water partition coefficient (Wildman–Crippen LogP) is 2.65. The van der Waals surface area contributed by atoms with Gasteiger partial charge in [-0.25, -0.2) is 0 Å². The van der Waals surface area contributed by atoms with E-state index in [1.54, 1.807) is 0 Å². The van der Waals surface area contributed by atoms with Crippen LogP contribution >= 0.6 is 11.8 Å². The third-order valence-electron chi connectivity index (χ3n) is 3.13. The minimum absolute atomic E-state index is 0.603. The zero-order valence-corrected chi connectivity index (χ0v) is 9.94. The molecule has 0 bridgehead atoms. The Morgan fingerprint density at radius 2 is 1.93 bits per heavy atom. The van der Waals surface area contributed by atoms with Crippen molar-refractivity contribution in [1.29, 1.82) is 0 Å². The van der Waals surface area contributed by atoms with E-state index >= 15 is 0 Å². The van der Waals surface area contributed by atoms with Crippen LogP contribution in [0.1, 0.15) is 39.5 Å². The topological polar surface area (TPSA) is 24.4 Å². The molecule has 2 nitrogen and oxygen atoms in total. The Labute approximate surface area is 90.9 Å². The highest BCUT2D eigenvalue weighted by atomic mass is 32.2. The second-order valence-corrected chi connectivity index (χ2v) is 5.71. The number of nitrogens with zero attached hydrogens (tertiary/aromatic N) is 1. The van der Waals surface area contributed by atoms with Gasteiger partial charge in [0.2, 0.25) is 0 Å². The molecular formula is C11H20N2S. The molecule has 3 heteroatoms. The summed E-state index contributed by atoms with van der Waals surface area (Å²) in [5.41, 5.74) is 0. The first kappa shape index (κ1) is 10.3. The van der Waals surface area contributed by atoms with E-state index in [4.69, 9.17) is 4.99 Å². The number of rotatable bonds is 1. The molecule has 0 aromatic heterocycles. The Kier molecular flexibility index (Phi) is 3.37. The molecule has 2 fully saturated rings. The Hall–Kier alpha value is -0.180. The number of thioether (sulfide) groups is 1. The van der Waals surface area contributed by atoms with E-state index in [2.05, 4.69) is 19.2 Å². The van der Waals surface area contributed by atoms with Crippen LogP contribution in [0.25, 0.3) is 0 Å². The number of nitrogens with one attached hydrogen (secondary N) is 1. The lowest BCUT2D eigenvalue weighted by Crippen LogP contribution is -2.25. The highest BCUT2D eigenvalue weighted by molar-refractivity contribution is 8.14. The molecular weight excluding hydrogens is 192 g/mol. The standard InChI is InChI=1S/C11H20N2S/c1-8-3-5-10(6-4-8)13-11-12-9(2)7-14-11/h8-10H,3-7H2,1-2H3,(H,12,13). The van der Waals surface area contributed by atoms with Gasteiger partial charge in [0.1, 0.15) is 0 Å². The van der Waals surface area contributed by atoms with Gasteiger partial charge in [0, 0.05) is 11.8 Å². The summed E-state index contributed by atoms with van der Waals surface area (Å²) in [5, 5.41) is 4.62. The minimum Gasteiger partial charge on any atom is -0.362 e. The minimum atomic E-state index is 0.603. The van der Waals surface area contributed by atoms with Crippen molar-refractivity contribution in [1.82, 2.24) is 5.32 Å². The zero-order valence-electron chi connectivity index (χ0n) is 9.12. The lowest BCUT2D eigenvalue weighted by molar-refractivity contribution is 0.349. The highest BCUT2D eigenvalue weighted by Crippen LogP contribution is 2.26. The molecule has 2 rings (SSSR count). The molecule has 0 aromatic carbocycles. The van der Waals surface area contributed by atoms with Gasteiger partial charge in [0.25, 0.3) is 0 Å². The average molecular weight is 212 g/mol. The van der Waals surface area contributed by atoms with Crippen molar-refractivity contribution in [3.05, 3.63) is 0 Å². The highest BCUT2D eigenvalue weighted by Gasteiger charge is 2.21. The molecule has 80 valence electrons. The van der Waals surface area contributed by atoms with E-state index < -0.39 is 0 Å². The van der Waals surface area contributed by atoms with Crippen LogP contribution in [-0.2, 0) is 0 Å². The predicted molar refractivity (Wildman–Crippen MR) is 63.9 cm³/mol. The van der Waals surface area contributed by atoms with Crippen LogP contribution in [0.2, 0.25) is 0 Å². The molecule has 1 aliphatic carbocycles. The van der Waals surface area contributed by atoms with Gasteiger partial charge in [0.15, 0.2) is 5.17 Å². The van der Waals surface area contributed by atoms with E-state index in [-0.39, 0.29) is 0 Å². The zero-order chi connectivity index (χ0) is 9.97. The van der Waals surface area contributed by atoms with Crippen LogP contribution in [0, 0.1) is 5.92 Å². The number of amidine groups is 1. The molecule has 1 N–H and O–H groups in total. The molecule has 14 heavy (non-hydrogen) atoms. The third-order valence-corrected chi connectivity index (χ3v) is 4.29. The van der Waals surface area contributed by atoms with Gasteiger partial charge in [-0.3, -0.25) is 4.99 Å². The molecule has 0 spiro atoms. The molecule has 1 unspecified atom stereocenters. The Bertz CT molecular complexity index is 219. The number of hydrogen-bond donors (Lipinski definition) is 1. The quantitative estimate of drug-likeness (QED) is 0.722. The smallest absolute Gasteiger partial charge is 0.157 e. The lowest BCUT2D eigenvalue weighted by Gasteiger charge is -2.23. The molecule has 0 amide bonds. The van der Waals surface area contributed by atoms with Gasteiger partial charge in [-0.2, -0.15) is 0 Å². The van der Waals surface area contributed by atoms with Crippen molar-refractivity contribution in [2.45, 2.75) is 51.6 Å². The maximum absolute atomic E-state index is 4.79. The SMILES string of the molecule is CC1CCC(N=C2NC(C)CS2)CC1. The third kappa shape index (κ3) is 2.66. The first-order valence-electron chi connectivity index (χ1n) is 5.71. The molecule has 1 heterocycles. The van der Waals surface area contributed by atoms with Crippen molar-refractivity contribution < 1.29 is 0 Å². The Morgan fingerprint density at radius 1 is 1.21 bits per heavy atom. The van der Waals surface area contributed by atoms with Gasteiger partial charge < -0.3 is 5.32 Å². The number of hydrogen-bond acceptors (Lipinski definition) is 2. The van der Waals surface area contributed by atoms with E-state index in [0.717, 1.165) is 5.92 Å². The Morgan fingerprint density at radius 3 is 2.50 bits per heavy atom. The number of aliphatic imine (C=N–C) groups is 1. The van der Waals surface area contributed by atoms with Gasteiger partial charge in [0.05, 0.1) is 6.04 Å². The fraction of sp³-hybridized carbons (Fsp3) is 0.909.